The molecule has 1 amide bonds. The molecule has 19 heavy (non-hydrogen) atoms. The fraction of sp³-hybridized carbons (Fsp3) is 0.538. The zero-order valence-corrected chi connectivity index (χ0v) is 11.9. The predicted molar refractivity (Wildman–Crippen MR) is 75.9 cm³/mol. The molecule has 0 radical (unpaired) electrons. The average Bonchev–Trinajstić information content (AvgIpc) is 2.97. The molecule has 0 atom stereocenters. The number of rotatable bonds is 5. The number of hydrogen-bond acceptors (Lipinski definition) is 4. The van der Waals surface area contributed by atoms with Crippen molar-refractivity contribution in [2.24, 2.45) is 10.9 Å². The largest absolute Gasteiger partial charge is 0.409 e. The molecule has 0 fully saturated rings. The van der Waals surface area contributed by atoms with E-state index >= 15 is 0 Å². The van der Waals surface area contributed by atoms with E-state index in [9.17, 15) is 4.79 Å². The van der Waals surface area contributed by atoms with Gasteiger partial charge in [-0.05, 0) is 37.3 Å². The van der Waals surface area contributed by atoms with Crippen LogP contribution in [0.1, 0.15) is 39.9 Å². The van der Waals surface area contributed by atoms with Crippen molar-refractivity contribution in [3.05, 3.63) is 21.4 Å². The van der Waals surface area contributed by atoms with Crippen molar-refractivity contribution < 1.29 is 10.0 Å². The lowest BCUT2D eigenvalue weighted by atomic mass is 10.2. The summed E-state index contributed by atoms with van der Waals surface area (Å²) in [4.78, 5) is 16.2. The topological polar surface area (TPSA) is 78.9 Å². The van der Waals surface area contributed by atoms with Gasteiger partial charge in [0, 0.05) is 11.4 Å². The van der Waals surface area contributed by atoms with Crippen LogP contribution < -0.4 is 5.73 Å². The zero-order chi connectivity index (χ0) is 13.8. The first-order valence-corrected chi connectivity index (χ1v) is 7.34. The SMILES string of the molecule is CCCN(CC(N)=NO)C(=O)c1cc2c(s1)CCC2. The van der Waals surface area contributed by atoms with Crippen molar-refractivity contribution >= 4 is 23.1 Å². The second-order valence-corrected chi connectivity index (χ2v) is 5.87. The Hall–Kier alpha value is -1.56. The summed E-state index contributed by atoms with van der Waals surface area (Å²) in [7, 11) is 0. The lowest BCUT2D eigenvalue weighted by Gasteiger charge is -2.20. The van der Waals surface area contributed by atoms with Crippen LogP contribution in [0.15, 0.2) is 11.2 Å². The monoisotopic (exact) mass is 281 g/mol. The number of amidine groups is 1. The number of carbonyl (C=O) groups excluding carboxylic acids is 1. The minimum Gasteiger partial charge on any atom is -0.409 e. The maximum atomic E-state index is 12.4. The van der Waals surface area contributed by atoms with Gasteiger partial charge in [0.1, 0.15) is 0 Å². The van der Waals surface area contributed by atoms with Gasteiger partial charge in [-0.1, -0.05) is 12.1 Å². The minimum atomic E-state index is -0.0205. The van der Waals surface area contributed by atoms with Crippen molar-refractivity contribution in [1.82, 2.24) is 4.90 Å². The van der Waals surface area contributed by atoms with Crippen LogP contribution in [-0.4, -0.2) is 34.9 Å². The van der Waals surface area contributed by atoms with Crippen LogP contribution in [0.25, 0.3) is 0 Å². The van der Waals surface area contributed by atoms with Crippen LogP contribution in [-0.2, 0) is 12.8 Å². The second-order valence-electron chi connectivity index (χ2n) is 4.73. The summed E-state index contributed by atoms with van der Waals surface area (Å²) in [6.07, 6.45) is 4.20. The van der Waals surface area contributed by atoms with E-state index in [-0.39, 0.29) is 18.3 Å². The van der Waals surface area contributed by atoms with Crippen molar-refractivity contribution in [2.75, 3.05) is 13.1 Å². The summed E-state index contributed by atoms with van der Waals surface area (Å²) < 4.78 is 0. The third-order valence-electron chi connectivity index (χ3n) is 3.22. The highest BCUT2D eigenvalue weighted by atomic mass is 32.1. The van der Waals surface area contributed by atoms with Crippen LogP contribution in [0.2, 0.25) is 0 Å². The molecular weight excluding hydrogens is 262 g/mol. The van der Waals surface area contributed by atoms with Crippen LogP contribution >= 0.6 is 11.3 Å². The molecule has 6 heteroatoms. The summed E-state index contributed by atoms with van der Waals surface area (Å²) >= 11 is 1.58. The summed E-state index contributed by atoms with van der Waals surface area (Å²) in [5.74, 6) is 0.0405. The number of nitrogens with two attached hydrogens (primary N) is 1. The Kier molecular flexibility index (Phi) is 4.42. The Bertz CT molecular complexity index is 475. The number of oxime groups is 1. The summed E-state index contributed by atoms with van der Waals surface area (Å²) in [6, 6.07) is 2.00. The molecule has 1 aliphatic carbocycles. The molecule has 3 N–H and O–H groups in total. The molecule has 0 aliphatic heterocycles. The van der Waals surface area contributed by atoms with E-state index in [0.29, 0.717) is 6.54 Å². The quantitative estimate of drug-likeness (QED) is 0.374. The molecule has 5 nitrogen and oxygen atoms in total. The molecule has 0 spiro atoms. The fourth-order valence-electron chi connectivity index (χ4n) is 2.34. The highest BCUT2D eigenvalue weighted by Gasteiger charge is 2.22. The van der Waals surface area contributed by atoms with Gasteiger partial charge >= 0.3 is 0 Å². The van der Waals surface area contributed by atoms with Gasteiger partial charge in [0.15, 0.2) is 5.84 Å². The molecule has 1 aromatic heterocycles. The summed E-state index contributed by atoms with van der Waals surface area (Å²) in [6.45, 7) is 2.78. The Morgan fingerprint density at radius 2 is 2.37 bits per heavy atom. The number of nitrogens with zero attached hydrogens (tertiary/aromatic N) is 2. The maximum absolute atomic E-state index is 12.4. The first-order chi connectivity index (χ1) is 9.15. The molecule has 1 aliphatic rings. The van der Waals surface area contributed by atoms with Crippen molar-refractivity contribution in [3.8, 4) is 0 Å². The first-order valence-electron chi connectivity index (χ1n) is 6.53. The summed E-state index contributed by atoms with van der Waals surface area (Å²) in [5.41, 5.74) is 6.82. The number of aryl methyl sites for hydroxylation is 2. The molecule has 104 valence electrons. The molecule has 0 saturated heterocycles. The highest BCUT2D eigenvalue weighted by molar-refractivity contribution is 7.14. The van der Waals surface area contributed by atoms with E-state index in [1.807, 2.05) is 13.0 Å². The fourth-order valence-corrected chi connectivity index (χ4v) is 3.56. The molecule has 1 heterocycles. The number of thiophene rings is 1. The van der Waals surface area contributed by atoms with Crippen LogP contribution in [0.3, 0.4) is 0 Å². The lowest BCUT2D eigenvalue weighted by Crippen LogP contribution is -2.38. The molecule has 2 rings (SSSR count). The van der Waals surface area contributed by atoms with Gasteiger partial charge in [-0.25, -0.2) is 0 Å². The molecule has 0 bridgehead atoms. The van der Waals surface area contributed by atoms with Gasteiger partial charge in [0.05, 0.1) is 11.4 Å². The summed E-state index contributed by atoms with van der Waals surface area (Å²) in [5, 5.41) is 11.6. The van der Waals surface area contributed by atoms with Gasteiger partial charge in [-0.2, -0.15) is 0 Å². The van der Waals surface area contributed by atoms with E-state index in [2.05, 4.69) is 5.16 Å². The van der Waals surface area contributed by atoms with Gasteiger partial charge in [-0.15, -0.1) is 11.3 Å². The van der Waals surface area contributed by atoms with Crippen LogP contribution in [0, 0.1) is 0 Å². The number of hydrogen-bond donors (Lipinski definition) is 2. The smallest absolute Gasteiger partial charge is 0.264 e. The Morgan fingerprint density at radius 1 is 1.58 bits per heavy atom. The Morgan fingerprint density at radius 3 is 3.00 bits per heavy atom. The van der Waals surface area contributed by atoms with E-state index in [1.165, 1.54) is 16.9 Å². The molecule has 0 saturated carbocycles. The van der Waals surface area contributed by atoms with Crippen molar-refractivity contribution in [3.63, 3.8) is 0 Å². The third-order valence-corrected chi connectivity index (χ3v) is 4.44. The van der Waals surface area contributed by atoms with Crippen LogP contribution in [0.4, 0.5) is 0 Å². The standard InChI is InChI=1S/C13H19N3O2S/c1-2-6-16(8-12(14)15-18)13(17)11-7-9-4-3-5-10(9)19-11/h7,18H,2-6,8H2,1H3,(H2,14,15). The normalized spacial score (nSPS) is 14.5. The predicted octanol–water partition coefficient (Wildman–Crippen LogP) is 1.84. The molecule has 0 aromatic carbocycles. The number of fused-ring (bicyclic) bond motifs is 1. The Balaban J connectivity index is 2.13. The Labute approximate surface area is 116 Å². The molecule has 0 unspecified atom stereocenters. The van der Waals surface area contributed by atoms with E-state index in [0.717, 1.165) is 24.1 Å². The minimum absolute atomic E-state index is 0.0205. The maximum Gasteiger partial charge on any atom is 0.264 e. The van der Waals surface area contributed by atoms with Gasteiger partial charge < -0.3 is 15.8 Å². The zero-order valence-electron chi connectivity index (χ0n) is 11.1. The van der Waals surface area contributed by atoms with Gasteiger partial charge in [0.25, 0.3) is 5.91 Å². The molecule has 1 aromatic rings. The van der Waals surface area contributed by atoms with E-state index < -0.39 is 0 Å². The van der Waals surface area contributed by atoms with Crippen molar-refractivity contribution in [2.45, 2.75) is 32.6 Å². The first kappa shape index (κ1) is 13.9. The average molecular weight is 281 g/mol. The number of amides is 1. The lowest BCUT2D eigenvalue weighted by molar-refractivity contribution is 0.0783. The van der Waals surface area contributed by atoms with E-state index in [1.54, 1.807) is 16.2 Å². The van der Waals surface area contributed by atoms with Crippen molar-refractivity contribution in [1.29, 1.82) is 0 Å². The number of carbonyl (C=O) groups is 1. The van der Waals surface area contributed by atoms with Gasteiger partial charge in [0.2, 0.25) is 0 Å². The van der Waals surface area contributed by atoms with Gasteiger partial charge in [-0.3, -0.25) is 4.79 Å². The molecular formula is C13H19N3O2S. The second kappa shape index (κ2) is 6.06. The third kappa shape index (κ3) is 3.07. The van der Waals surface area contributed by atoms with E-state index in [4.69, 9.17) is 10.9 Å². The highest BCUT2D eigenvalue weighted by Crippen LogP contribution is 2.31. The van der Waals surface area contributed by atoms with Crippen LogP contribution in [0.5, 0.6) is 0 Å².